The number of rotatable bonds is 28. The highest BCUT2D eigenvalue weighted by molar-refractivity contribution is 7.47. The fourth-order valence-corrected chi connectivity index (χ4v) is 4.62. The molecule has 0 aromatic heterocycles. The molecule has 0 bridgehead atoms. The van der Waals surface area contributed by atoms with Crippen LogP contribution in [-0.2, 0) is 37.5 Å². The zero-order valence-electron chi connectivity index (χ0n) is 25.6. The molecule has 0 spiro atoms. The summed E-state index contributed by atoms with van der Waals surface area (Å²) in [7, 11) is 1.37. The second-order valence-electron chi connectivity index (χ2n) is 11.5. The van der Waals surface area contributed by atoms with Gasteiger partial charge in [-0.1, -0.05) is 84.0 Å². The van der Waals surface area contributed by atoms with Crippen LogP contribution in [0.4, 0.5) is 0 Å². The van der Waals surface area contributed by atoms with Gasteiger partial charge in [0.2, 0.25) is 0 Å². The number of hydrogen-bond acceptors (Lipinski definition) is 8. The molecule has 0 radical (unpaired) electrons. The predicted molar refractivity (Wildman–Crippen MR) is 156 cm³/mol. The van der Waals surface area contributed by atoms with E-state index in [1.807, 2.05) is 21.1 Å². The van der Waals surface area contributed by atoms with Crippen molar-refractivity contribution in [1.82, 2.24) is 0 Å². The van der Waals surface area contributed by atoms with E-state index in [1.165, 1.54) is 64.2 Å². The van der Waals surface area contributed by atoms with E-state index in [-0.39, 0.29) is 32.5 Å². The number of phosphoric acid groups is 1. The summed E-state index contributed by atoms with van der Waals surface area (Å²) < 4.78 is 33.3. The fraction of sp³-hybridized carbons (Fsp3) is 0.897. The van der Waals surface area contributed by atoms with Crippen LogP contribution in [0.1, 0.15) is 116 Å². The minimum Gasteiger partial charge on any atom is -0.462 e. The van der Waals surface area contributed by atoms with Gasteiger partial charge in [0.25, 0.3) is 0 Å². The van der Waals surface area contributed by atoms with Crippen molar-refractivity contribution >= 4 is 26.0 Å². The highest BCUT2D eigenvalue weighted by Gasteiger charge is 2.27. The third-order valence-electron chi connectivity index (χ3n) is 6.36. The minimum atomic E-state index is -4.38. The Bertz CT molecular complexity index is 712. The predicted octanol–water partition coefficient (Wildman–Crippen LogP) is 6.13. The number of carbonyl (C=O) groups is 3. The number of nitrogens with zero attached hydrogens (tertiary/aromatic N) is 1. The van der Waals surface area contributed by atoms with Gasteiger partial charge >= 0.3 is 19.8 Å². The van der Waals surface area contributed by atoms with Crippen LogP contribution in [0.3, 0.4) is 0 Å². The molecule has 40 heavy (non-hydrogen) atoms. The first kappa shape index (κ1) is 38.7. The number of carbonyl (C=O) groups excluding carboxylic acids is 3. The first-order valence-electron chi connectivity index (χ1n) is 15.2. The molecular formula is C29H57NO9P+. The van der Waals surface area contributed by atoms with Crippen LogP contribution < -0.4 is 0 Å². The van der Waals surface area contributed by atoms with Gasteiger partial charge in [0.05, 0.1) is 27.7 Å². The van der Waals surface area contributed by atoms with E-state index in [0.29, 0.717) is 23.7 Å². The number of phosphoric ester groups is 1. The maximum Gasteiger partial charge on any atom is 0.472 e. The zero-order chi connectivity index (χ0) is 30.1. The summed E-state index contributed by atoms with van der Waals surface area (Å²) in [6.07, 6.45) is 16.2. The van der Waals surface area contributed by atoms with E-state index in [0.717, 1.165) is 19.3 Å². The Morgan fingerprint density at radius 2 is 1.30 bits per heavy atom. The molecule has 2 unspecified atom stereocenters. The van der Waals surface area contributed by atoms with Crippen molar-refractivity contribution in [2.45, 2.75) is 122 Å². The van der Waals surface area contributed by atoms with Crippen LogP contribution in [0, 0.1) is 0 Å². The third-order valence-corrected chi connectivity index (χ3v) is 7.34. The lowest BCUT2D eigenvalue weighted by Gasteiger charge is -2.24. The summed E-state index contributed by atoms with van der Waals surface area (Å²) in [5.41, 5.74) is 0. The van der Waals surface area contributed by atoms with Gasteiger partial charge in [-0.15, -0.1) is 0 Å². The maximum absolute atomic E-state index is 12.2. The molecule has 0 saturated heterocycles. The molecule has 0 aromatic rings. The van der Waals surface area contributed by atoms with Gasteiger partial charge in [0.1, 0.15) is 26.0 Å². The van der Waals surface area contributed by atoms with Gasteiger partial charge in [-0.05, 0) is 12.8 Å². The molecule has 0 aliphatic carbocycles. The number of hydrogen-bond donors (Lipinski definition) is 1. The molecule has 236 valence electrons. The molecule has 0 heterocycles. The van der Waals surface area contributed by atoms with Gasteiger partial charge in [-0.25, -0.2) is 4.57 Å². The van der Waals surface area contributed by atoms with Gasteiger partial charge in [-0.2, -0.15) is 0 Å². The minimum absolute atomic E-state index is 0.00106. The molecule has 0 aliphatic heterocycles. The van der Waals surface area contributed by atoms with E-state index in [9.17, 15) is 23.8 Å². The van der Waals surface area contributed by atoms with Crippen LogP contribution in [0.25, 0.3) is 0 Å². The number of likely N-dealkylation sites (N-methyl/N-ethyl adjacent to an activating group) is 1. The summed E-state index contributed by atoms with van der Waals surface area (Å²) in [5.74, 6) is -1.03. The zero-order valence-corrected chi connectivity index (χ0v) is 26.5. The maximum atomic E-state index is 12.2. The van der Waals surface area contributed by atoms with Gasteiger partial charge < -0.3 is 23.6 Å². The Morgan fingerprint density at radius 3 is 1.82 bits per heavy atom. The van der Waals surface area contributed by atoms with Crippen LogP contribution in [0.2, 0.25) is 0 Å². The quantitative estimate of drug-likeness (QED) is 0.0374. The summed E-state index contributed by atoms with van der Waals surface area (Å²) >= 11 is 0. The Labute approximate surface area is 242 Å². The molecule has 10 nitrogen and oxygen atoms in total. The average Bonchev–Trinajstić information content (AvgIpc) is 2.87. The van der Waals surface area contributed by atoms with Crippen LogP contribution >= 0.6 is 7.82 Å². The first-order chi connectivity index (χ1) is 19.0. The molecule has 0 aromatic carbocycles. The van der Waals surface area contributed by atoms with E-state index in [1.54, 1.807) is 0 Å². The summed E-state index contributed by atoms with van der Waals surface area (Å²) in [6.45, 7) is 1.96. The highest BCUT2D eigenvalue weighted by atomic mass is 31.2. The first-order valence-corrected chi connectivity index (χ1v) is 16.7. The van der Waals surface area contributed by atoms with Gasteiger partial charge in [-0.3, -0.25) is 18.6 Å². The van der Waals surface area contributed by atoms with E-state index in [4.69, 9.17) is 18.5 Å². The van der Waals surface area contributed by atoms with Crippen molar-refractivity contribution in [3.8, 4) is 0 Å². The van der Waals surface area contributed by atoms with Crippen LogP contribution in [0.5, 0.6) is 0 Å². The number of aldehydes is 1. The Balaban J connectivity index is 4.27. The van der Waals surface area contributed by atoms with E-state index in [2.05, 4.69) is 6.92 Å². The molecule has 0 amide bonds. The lowest BCUT2D eigenvalue weighted by Crippen LogP contribution is -2.37. The summed E-state index contributed by atoms with van der Waals surface area (Å²) in [5, 5.41) is 0. The fourth-order valence-electron chi connectivity index (χ4n) is 3.88. The Hall–Kier alpha value is -1.32. The lowest BCUT2D eigenvalue weighted by atomic mass is 10.0. The van der Waals surface area contributed by atoms with E-state index < -0.39 is 32.5 Å². The number of quaternary nitrogens is 1. The molecule has 0 rings (SSSR count). The second kappa shape index (κ2) is 24.3. The van der Waals surface area contributed by atoms with Crippen LogP contribution in [-0.4, -0.2) is 81.2 Å². The molecule has 1 N–H and O–H groups in total. The monoisotopic (exact) mass is 594 g/mol. The number of esters is 2. The summed E-state index contributed by atoms with van der Waals surface area (Å²) in [4.78, 5) is 44.7. The van der Waals surface area contributed by atoms with Gasteiger partial charge in [0.15, 0.2) is 6.10 Å². The van der Waals surface area contributed by atoms with Crippen molar-refractivity contribution in [2.75, 3.05) is 47.5 Å². The summed E-state index contributed by atoms with van der Waals surface area (Å²) in [6, 6.07) is 0. The van der Waals surface area contributed by atoms with E-state index >= 15 is 0 Å². The molecule has 2 atom stereocenters. The average molecular weight is 595 g/mol. The molecule has 11 heteroatoms. The Kier molecular flexibility index (Phi) is 23.5. The highest BCUT2D eigenvalue weighted by Crippen LogP contribution is 2.43. The van der Waals surface area contributed by atoms with Crippen LogP contribution in [0.15, 0.2) is 0 Å². The molecule has 0 fully saturated rings. The third kappa shape index (κ3) is 26.9. The van der Waals surface area contributed by atoms with Crippen molar-refractivity contribution in [3.63, 3.8) is 0 Å². The second-order valence-corrected chi connectivity index (χ2v) is 12.9. The standard InChI is InChI=1S/C29H56NO9P/c1-5-6-7-8-9-10-11-12-13-14-15-16-17-20-28(32)36-25-27(39-29(33)21-18-19-23-31)26-38-40(34,35)37-24-22-30(2,3)4/h23,27H,5-22,24-26H2,1-4H3/p+1. The number of ether oxygens (including phenoxy) is 2. The van der Waals surface area contributed by atoms with Crippen molar-refractivity contribution in [2.24, 2.45) is 0 Å². The molecule has 0 saturated carbocycles. The normalized spacial score (nSPS) is 13.9. The lowest BCUT2D eigenvalue weighted by molar-refractivity contribution is -0.870. The topological polar surface area (TPSA) is 125 Å². The SMILES string of the molecule is CCCCCCCCCCCCCCCC(=O)OCC(COP(=O)(O)OCC[N+](C)(C)C)OC(=O)CCCC=O. The number of unbranched alkanes of at least 4 members (excludes halogenated alkanes) is 13. The Morgan fingerprint density at radius 1 is 0.775 bits per heavy atom. The smallest absolute Gasteiger partial charge is 0.462 e. The molecule has 0 aliphatic rings. The van der Waals surface area contributed by atoms with Crippen molar-refractivity contribution < 1.29 is 46.8 Å². The molecular weight excluding hydrogens is 537 g/mol. The van der Waals surface area contributed by atoms with Crippen molar-refractivity contribution in [3.05, 3.63) is 0 Å². The van der Waals surface area contributed by atoms with Crippen molar-refractivity contribution in [1.29, 1.82) is 0 Å². The largest absolute Gasteiger partial charge is 0.472 e. The van der Waals surface area contributed by atoms with Gasteiger partial charge in [0, 0.05) is 19.3 Å².